The molecule has 0 bridgehead atoms. The third-order valence-electron chi connectivity index (χ3n) is 5.28. The molecule has 0 aliphatic carbocycles. The monoisotopic (exact) mass is 440 g/mol. The number of para-hydroxylation sites is 1. The van der Waals surface area contributed by atoms with Gasteiger partial charge in [-0.15, -0.1) is 0 Å². The molecule has 1 aliphatic rings. The Morgan fingerprint density at radius 2 is 1.80 bits per heavy atom. The van der Waals surface area contributed by atoms with E-state index >= 15 is 0 Å². The predicted molar refractivity (Wildman–Crippen MR) is 119 cm³/mol. The van der Waals surface area contributed by atoms with E-state index in [0.717, 1.165) is 11.1 Å². The van der Waals surface area contributed by atoms with Crippen LogP contribution in [0.4, 0.5) is 11.4 Å². The van der Waals surface area contributed by atoms with E-state index in [9.17, 15) is 14.7 Å². The molecule has 7 heteroatoms. The van der Waals surface area contributed by atoms with E-state index in [1.54, 1.807) is 49.4 Å². The summed E-state index contributed by atoms with van der Waals surface area (Å²) in [4.78, 5) is 25.2. The van der Waals surface area contributed by atoms with Crippen molar-refractivity contribution in [1.82, 2.24) is 0 Å². The van der Waals surface area contributed by atoms with Crippen molar-refractivity contribution in [2.45, 2.75) is 18.9 Å². The fourth-order valence-corrected chi connectivity index (χ4v) is 4.25. The number of anilines is 2. The second-order valence-corrected chi connectivity index (χ2v) is 8.16. The van der Waals surface area contributed by atoms with Gasteiger partial charge in [0.15, 0.2) is 0 Å². The maximum absolute atomic E-state index is 13.4. The van der Waals surface area contributed by atoms with E-state index in [1.807, 2.05) is 12.1 Å². The van der Waals surface area contributed by atoms with Gasteiger partial charge in [-0.2, -0.15) is 0 Å². The molecule has 30 heavy (non-hydrogen) atoms. The van der Waals surface area contributed by atoms with E-state index < -0.39 is 11.5 Å². The van der Waals surface area contributed by atoms with Gasteiger partial charge in [0.2, 0.25) is 0 Å². The Morgan fingerprint density at radius 1 is 1.07 bits per heavy atom. The number of aryl methyl sites for hydroxylation is 1. The molecule has 1 unspecified atom stereocenters. The molecule has 1 amide bonds. The maximum atomic E-state index is 13.4. The molecule has 0 aromatic heterocycles. The van der Waals surface area contributed by atoms with Crippen molar-refractivity contribution < 1.29 is 14.7 Å². The quantitative estimate of drug-likeness (QED) is 0.489. The molecule has 0 spiro atoms. The topological polar surface area (TPSA) is 78.4 Å². The van der Waals surface area contributed by atoms with Crippen molar-refractivity contribution in [2.24, 2.45) is 0 Å². The first kappa shape index (κ1) is 20.3. The summed E-state index contributed by atoms with van der Waals surface area (Å²) in [6.45, 7) is 1.80. The van der Waals surface area contributed by atoms with Crippen molar-refractivity contribution in [2.75, 3.05) is 10.6 Å². The van der Waals surface area contributed by atoms with E-state index in [0.29, 0.717) is 27.0 Å². The van der Waals surface area contributed by atoms with Crippen LogP contribution in [0.25, 0.3) is 0 Å². The Labute approximate surface area is 183 Å². The zero-order valence-electron chi connectivity index (χ0n) is 16.0. The molecule has 5 nitrogen and oxygen atoms in total. The third-order valence-corrected chi connectivity index (χ3v) is 5.75. The van der Waals surface area contributed by atoms with Crippen LogP contribution in [-0.2, 0) is 16.8 Å². The van der Waals surface area contributed by atoms with E-state index in [-0.39, 0.29) is 17.9 Å². The lowest BCUT2D eigenvalue weighted by molar-refractivity contribution is -0.119. The molecule has 152 valence electrons. The number of rotatable bonds is 5. The molecule has 3 aromatic rings. The molecule has 1 aliphatic heterocycles. The zero-order valence-corrected chi connectivity index (χ0v) is 17.5. The fraction of sp³-hybridized carbons (Fsp3) is 0.130. The van der Waals surface area contributed by atoms with Gasteiger partial charge in [-0.05, 0) is 48.4 Å². The van der Waals surface area contributed by atoms with Gasteiger partial charge in [0, 0.05) is 27.7 Å². The van der Waals surface area contributed by atoms with E-state index in [1.165, 1.54) is 6.07 Å². The smallest absolute Gasteiger partial charge is 0.337 e. The highest BCUT2D eigenvalue weighted by Crippen LogP contribution is 2.43. The lowest BCUT2D eigenvalue weighted by Crippen LogP contribution is -2.44. The standard InChI is InChI=1S/C23H18Cl2N2O3/c1-13-4-2-7-17(21(28)29)20(13)27-23(12-14-5-3-6-15(24)10-14)18-9-8-16(25)11-19(18)26-22(23)30/h2-11,27H,12H2,1H3,(H,26,30)(H,28,29). The minimum Gasteiger partial charge on any atom is -0.478 e. The largest absolute Gasteiger partial charge is 0.478 e. The summed E-state index contributed by atoms with van der Waals surface area (Å²) >= 11 is 12.3. The first-order chi connectivity index (χ1) is 14.3. The van der Waals surface area contributed by atoms with Crippen LogP contribution in [0, 0.1) is 6.92 Å². The van der Waals surface area contributed by atoms with Crippen LogP contribution in [0.1, 0.15) is 27.0 Å². The highest BCUT2D eigenvalue weighted by atomic mass is 35.5. The van der Waals surface area contributed by atoms with Crippen molar-refractivity contribution in [3.05, 3.63) is 93.0 Å². The van der Waals surface area contributed by atoms with Crippen LogP contribution in [-0.4, -0.2) is 17.0 Å². The average Bonchev–Trinajstić information content (AvgIpc) is 2.93. The summed E-state index contributed by atoms with van der Waals surface area (Å²) in [6, 6.07) is 17.4. The second-order valence-electron chi connectivity index (χ2n) is 7.28. The van der Waals surface area contributed by atoms with E-state index in [4.69, 9.17) is 23.2 Å². The number of benzene rings is 3. The number of fused-ring (bicyclic) bond motifs is 1. The summed E-state index contributed by atoms with van der Waals surface area (Å²) < 4.78 is 0. The molecule has 1 atom stereocenters. The van der Waals surface area contributed by atoms with Crippen molar-refractivity contribution in [1.29, 1.82) is 0 Å². The van der Waals surface area contributed by atoms with Gasteiger partial charge in [0.05, 0.1) is 11.3 Å². The van der Waals surface area contributed by atoms with Crippen LogP contribution in [0.3, 0.4) is 0 Å². The summed E-state index contributed by atoms with van der Waals surface area (Å²) in [5.74, 6) is -1.37. The number of hydrogen-bond donors (Lipinski definition) is 3. The number of carbonyl (C=O) groups is 2. The van der Waals surface area contributed by atoms with Gasteiger partial charge in [0.1, 0.15) is 5.54 Å². The Balaban J connectivity index is 1.91. The van der Waals surface area contributed by atoms with Gasteiger partial charge >= 0.3 is 5.97 Å². The number of hydrogen-bond acceptors (Lipinski definition) is 3. The summed E-state index contributed by atoms with van der Waals surface area (Å²) in [7, 11) is 0. The lowest BCUT2D eigenvalue weighted by atomic mass is 9.84. The minimum atomic E-state index is -1.24. The normalized spacial score (nSPS) is 17.4. The molecule has 0 saturated heterocycles. The van der Waals surface area contributed by atoms with Gasteiger partial charge in [0.25, 0.3) is 5.91 Å². The second kappa shape index (κ2) is 7.67. The Bertz CT molecular complexity index is 1180. The summed E-state index contributed by atoms with van der Waals surface area (Å²) in [5, 5.41) is 16.9. The molecule has 3 aromatic carbocycles. The SMILES string of the molecule is Cc1cccc(C(=O)O)c1NC1(Cc2cccc(Cl)c2)C(=O)Nc2cc(Cl)ccc21. The number of carboxylic acid groups (broad SMARTS) is 1. The van der Waals surface area contributed by atoms with Gasteiger partial charge in [-0.1, -0.05) is 53.5 Å². The van der Waals surface area contributed by atoms with Crippen LogP contribution < -0.4 is 10.6 Å². The zero-order chi connectivity index (χ0) is 21.5. The minimum absolute atomic E-state index is 0.0932. The first-order valence-electron chi connectivity index (χ1n) is 9.27. The Hall–Kier alpha value is -3.02. The van der Waals surface area contributed by atoms with Gasteiger partial charge < -0.3 is 15.7 Å². The molecular weight excluding hydrogens is 423 g/mol. The number of amides is 1. The summed E-state index contributed by atoms with van der Waals surface area (Å²) in [5.41, 5.74) is 2.08. The highest BCUT2D eigenvalue weighted by Gasteiger charge is 2.47. The molecule has 0 radical (unpaired) electrons. The predicted octanol–water partition coefficient (Wildman–Crippen LogP) is 5.50. The number of aromatic carboxylic acids is 1. The first-order valence-corrected chi connectivity index (χ1v) is 10.0. The highest BCUT2D eigenvalue weighted by molar-refractivity contribution is 6.31. The Kier molecular flexibility index (Phi) is 5.18. The molecule has 4 rings (SSSR count). The molecule has 0 saturated carbocycles. The van der Waals surface area contributed by atoms with Crippen LogP contribution in [0.15, 0.2) is 60.7 Å². The maximum Gasteiger partial charge on any atom is 0.337 e. The van der Waals surface area contributed by atoms with Crippen molar-refractivity contribution >= 4 is 46.5 Å². The molecule has 0 fully saturated rings. The number of nitrogens with one attached hydrogen (secondary N) is 2. The van der Waals surface area contributed by atoms with Crippen LogP contribution in [0.2, 0.25) is 10.0 Å². The third kappa shape index (κ3) is 3.51. The average molecular weight is 441 g/mol. The Morgan fingerprint density at radius 3 is 2.53 bits per heavy atom. The van der Waals surface area contributed by atoms with Crippen molar-refractivity contribution in [3.63, 3.8) is 0 Å². The number of carbonyl (C=O) groups excluding carboxylic acids is 1. The lowest BCUT2D eigenvalue weighted by Gasteiger charge is -2.31. The molecule has 1 heterocycles. The van der Waals surface area contributed by atoms with Gasteiger partial charge in [-0.25, -0.2) is 4.79 Å². The van der Waals surface area contributed by atoms with Crippen LogP contribution >= 0.6 is 23.2 Å². The molecule has 3 N–H and O–H groups in total. The molecular formula is C23H18Cl2N2O3. The van der Waals surface area contributed by atoms with E-state index in [2.05, 4.69) is 10.6 Å². The van der Waals surface area contributed by atoms with Crippen molar-refractivity contribution in [3.8, 4) is 0 Å². The number of halogens is 2. The van der Waals surface area contributed by atoms with Crippen LogP contribution in [0.5, 0.6) is 0 Å². The van der Waals surface area contributed by atoms with Gasteiger partial charge in [-0.3, -0.25) is 4.79 Å². The number of carboxylic acids is 1. The fourth-order valence-electron chi connectivity index (χ4n) is 3.87. The summed E-state index contributed by atoms with van der Waals surface area (Å²) in [6.07, 6.45) is 0.265.